The van der Waals surface area contributed by atoms with E-state index in [4.69, 9.17) is 0 Å². The predicted molar refractivity (Wildman–Crippen MR) is 91.1 cm³/mol. The van der Waals surface area contributed by atoms with E-state index in [1.807, 2.05) is 30.9 Å². The van der Waals surface area contributed by atoms with Gasteiger partial charge < -0.3 is 9.80 Å². The largest absolute Gasteiger partial charge is 0.352 e. The number of rotatable bonds is 3. The van der Waals surface area contributed by atoms with Crippen LogP contribution in [0, 0.1) is 11.7 Å². The SMILES string of the molecule is CC(C)C(=O)N1CCN(c2ccc(-c3ccc(F)cc3)nn2)CC1. The monoisotopic (exact) mass is 328 g/mol. The van der Waals surface area contributed by atoms with Crippen molar-refractivity contribution in [3.05, 3.63) is 42.2 Å². The highest BCUT2D eigenvalue weighted by Crippen LogP contribution is 2.20. The van der Waals surface area contributed by atoms with Gasteiger partial charge in [0.2, 0.25) is 5.91 Å². The Morgan fingerprint density at radius 1 is 1.00 bits per heavy atom. The number of benzene rings is 1. The van der Waals surface area contributed by atoms with Crippen molar-refractivity contribution in [1.29, 1.82) is 0 Å². The molecule has 0 bridgehead atoms. The molecule has 0 aliphatic carbocycles. The third-order valence-electron chi connectivity index (χ3n) is 4.20. The van der Waals surface area contributed by atoms with Gasteiger partial charge in [-0.15, -0.1) is 10.2 Å². The molecule has 1 amide bonds. The number of amides is 1. The van der Waals surface area contributed by atoms with Crippen molar-refractivity contribution in [3.8, 4) is 11.3 Å². The van der Waals surface area contributed by atoms with E-state index < -0.39 is 0 Å². The van der Waals surface area contributed by atoms with E-state index in [1.165, 1.54) is 12.1 Å². The molecule has 0 N–H and O–H groups in total. The van der Waals surface area contributed by atoms with Crippen molar-refractivity contribution >= 4 is 11.7 Å². The van der Waals surface area contributed by atoms with Gasteiger partial charge in [-0.2, -0.15) is 0 Å². The van der Waals surface area contributed by atoms with Crippen molar-refractivity contribution in [2.75, 3.05) is 31.1 Å². The van der Waals surface area contributed by atoms with Gasteiger partial charge in [0.15, 0.2) is 5.82 Å². The van der Waals surface area contributed by atoms with Crippen LogP contribution in [0.25, 0.3) is 11.3 Å². The molecule has 24 heavy (non-hydrogen) atoms. The van der Waals surface area contributed by atoms with E-state index >= 15 is 0 Å². The molecule has 1 fully saturated rings. The Labute approximate surface area is 141 Å². The summed E-state index contributed by atoms with van der Waals surface area (Å²) in [5.74, 6) is 0.772. The minimum absolute atomic E-state index is 0.0336. The van der Waals surface area contributed by atoms with Crippen LogP contribution in [0.5, 0.6) is 0 Å². The minimum Gasteiger partial charge on any atom is -0.352 e. The zero-order chi connectivity index (χ0) is 17.1. The number of hydrogen-bond acceptors (Lipinski definition) is 4. The lowest BCUT2D eigenvalue weighted by molar-refractivity contribution is -0.134. The van der Waals surface area contributed by atoms with Gasteiger partial charge in [0.1, 0.15) is 5.82 Å². The summed E-state index contributed by atoms with van der Waals surface area (Å²) in [5.41, 5.74) is 1.55. The quantitative estimate of drug-likeness (QED) is 0.869. The fourth-order valence-corrected chi connectivity index (χ4v) is 2.79. The maximum absolute atomic E-state index is 13.0. The number of hydrogen-bond donors (Lipinski definition) is 0. The molecule has 1 aliphatic rings. The minimum atomic E-state index is -0.267. The Morgan fingerprint density at radius 3 is 2.21 bits per heavy atom. The summed E-state index contributed by atoms with van der Waals surface area (Å²) in [4.78, 5) is 16.1. The fraction of sp³-hybridized carbons (Fsp3) is 0.389. The smallest absolute Gasteiger partial charge is 0.225 e. The maximum Gasteiger partial charge on any atom is 0.225 e. The van der Waals surface area contributed by atoms with Gasteiger partial charge >= 0.3 is 0 Å². The van der Waals surface area contributed by atoms with Gasteiger partial charge in [0.25, 0.3) is 0 Å². The molecule has 2 heterocycles. The van der Waals surface area contributed by atoms with Crippen molar-refractivity contribution in [1.82, 2.24) is 15.1 Å². The van der Waals surface area contributed by atoms with Crippen LogP contribution in [0.1, 0.15) is 13.8 Å². The first-order chi connectivity index (χ1) is 11.5. The zero-order valence-electron chi connectivity index (χ0n) is 13.9. The van der Waals surface area contributed by atoms with Crippen LogP contribution in [0.3, 0.4) is 0 Å². The average Bonchev–Trinajstić information content (AvgIpc) is 2.62. The molecular weight excluding hydrogens is 307 g/mol. The van der Waals surface area contributed by atoms with Gasteiger partial charge in [0, 0.05) is 37.7 Å². The van der Waals surface area contributed by atoms with Crippen molar-refractivity contribution in [2.45, 2.75) is 13.8 Å². The number of halogens is 1. The summed E-state index contributed by atoms with van der Waals surface area (Å²) in [6.45, 7) is 6.77. The Bertz CT molecular complexity index is 692. The number of piperazine rings is 1. The number of carbonyl (C=O) groups excluding carboxylic acids is 1. The molecule has 3 rings (SSSR count). The number of nitrogens with zero attached hydrogens (tertiary/aromatic N) is 4. The van der Waals surface area contributed by atoms with E-state index in [0.717, 1.165) is 24.5 Å². The molecule has 1 aromatic heterocycles. The van der Waals surface area contributed by atoms with Crippen LogP contribution < -0.4 is 4.90 Å². The Hall–Kier alpha value is -2.50. The molecule has 1 aliphatic heterocycles. The summed E-state index contributed by atoms with van der Waals surface area (Å²) in [6.07, 6.45) is 0. The zero-order valence-corrected chi connectivity index (χ0v) is 13.9. The van der Waals surface area contributed by atoms with E-state index in [1.54, 1.807) is 12.1 Å². The van der Waals surface area contributed by atoms with Gasteiger partial charge in [-0.1, -0.05) is 13.8 Å². The molecule has 0 radical (unpaired) electrons. The highest BCUT2D eigenvalue weighted by atomic mass is 19.1. The lowest BCUT2D eigenvalue weighted by Crippen LogP contribution is -2.50. The molecule has 126 valence electrons. The number of carbonyl (C=O) groups is 1. The molecule has 6 heteroatoms. The summed E-state index contributed by atoms with van der Waals surface area (Å²) in [5, 5.41) is 8.53. The van der Waals surface area contributed by atoms with Crippen LogP contribution in [0.4, 0.5) is 10.2 Å². The van der Waals surface area contributed by atoms with Crippen LogP contribution in [-0.2, 0) is 4.79 Å². The van der Waals surface area contributed by atoms with Gasteiger partial charge in [-0.05, 0) is 36.4 Å². The molecule has 5 nitrogen and oxygen atoms in total. The van der Waals surface area contributed by atoms with E-state index in [0.29, 0.717) is 18.8 Å². The highest BCUT2D eigenvalue weighted by Gasteiger charge is 2.23. The molecule has 0 atom stereocenters. The molecule has 2 aromatic rings. The van der Waals surface area contributed by atoms with Crippen LogP contribution in [0.2, 0.25) is 0 Å². The Balaban J connectivity index is 1.65. The van der Waals surface area contributed by atoms with E-state index in [2.05, 4.69) is 15.1 Å². The topological polar surface area (TPSA) is 49.3 Å². The molecular formula is C18H21FN4O. The highest BCUT2D eigenvalue weighted by molar-refractivity contribution is 5.78. The first kappa shape index (κ1) is 16.4. The van der Waals surface area contributed by atoms with E-state index in [-0.39, 0.29) is 17.6 Å². The molecule has 1 saturated heterocycles. The standard InChI is InChI=1S/C18H21FN4O/c1-13(2)18(24)23-11-9-22(10-12-23)17-8-7-16(20-21-17)14-3-5-15(19)6-4-14/h3-8,13H,9-12H2,1-2H3. The van der Waals surface area contributed by atoms with Crippen molar-refractivity contribution in [3.63, 3.8) is 0 Å². The predicted octanol–water partition coefficient (Wildman–Crippen LogP) is 2.59. The van der Waals surface area contributed by atoms with Crippen LogP contribution in [0.15, 0.2) is 36.4 Å². The Kier molecular flexibility index (Phi) is 4.74. The summed E-state index contributed by atoms with van der Waals surface area (Å²) in [6, 6.07) is 10.0. The van der Waals surface area contributed by atoms with Gasteiger partial charge in [-0.25, -0.2) is 4.39 Å². The molecule has 0 unspecified atom stereocenters. The number of aromatic nitrogens is 2. The van der Waals surface area contributed by atoms with Crippen molar-refractivity contribution < 1.29 is 9.18 Å². The molecule has 1 aromatic carbocycles. The lowest BCUT2D eigenvalue weighted by atomic mass is 10.1. The first-order valence-corrected chi connectivity index (χ1v) is 8.18. The second-order valence-corrected chi connectivity index (χ2v) is 6.25. The Morgan fingerprint density at radius 2 is 1.67 bits per heavy atom. The fourth-order valence-electron chi connectivity index (χ4n) is 2.79. The van der Waals surface area contributed by atoms with E-state index in [9.17, 15) is 9.18 Å². The van der Waals surface area contributed by atoms with Crippen molar-refractivity contribution in [2.24, 2.45) is 5.92 Å². The van der Waals surface area contributed by atoms with Crippen LogP contribution in [-0.4, -0.2) is 47.2 Å². The molecule has 0 spiro atoms. The normalized spacial score (nSPS) is 15.0. The average molecular weight is 328 g/mol. The summed E-state index contributed by atoms with van der Waals surface area (Å²) < 4.78 is 13.0. The summed E-state index contributed by atoms with van der Waals surface area (Å²) in [7, 11) is 0. The first-order valence-electron chi connectivity index (χ1n) is 8.18. The third-order valence-corrected chi connectivity index (χ3v) is 4.20. The summed E-state index contributed by atoms with van der Waals surface area (Å²) >= 11 is 0. The number of anilines is 1. The second-order valence-electron chi connectivity index (χ2n) is 6.25. The maximum atomic E-state index is 13.0. The second kappa shape index (κ2) is 6.95. The molecule has 0 saturated carbocycles. The van der Waals surface area contributed by atoms with Gasteiger partial charge in [-0.3, -0.25) is 4.79 Å². The third kappa shape index (κ3) is 3.53. The van der Waals surface area contributed by atoms with Crippen LogP contribution >= 0.6 is 0 Å². The lowest BCUT2D eigenvalue weighted by Gasteiger charge is -2.36. The van der Waals surface area contributed by atoms with Gasteiger partial charge in [0.05, 0.1) is 5.69 Å².